The van der Waals surface area contributed by atoms with Gasteiger partial charge in [0.15, 0.2) is 0 Å². The summed E-state index contributed by atoms with van der Waals surface area (Å²) in [7, 11) is 0. The molecule has 0 atom stereocenters. The topological polar surface area (TPSA) is 69.9 Å². The van der Waals surface area contributed by atoms with Gasteiger partial charge in [-0.3, -0.25) is 0 Å². The van der Waals surface area contributed by atoms with E-state index in [-0.39, 0.29) is 0 Å². The molecule has 0 spiro atoms. The van der Waals surface area contributed by atoms with Crippen molar-refractivity contribution in [2.75, 3.05) is 12.3 Å². The van der Waals surface area contributed by atoms with E-state index in [4.69, 9.17) is 23.1 Å². The van der Waals surface area contributed by atoms with Crippen LogP contribution in [0.25, 0.3) is 5.69 Å². The molecule has 0 aliphatic carbocycles. The van der Waals surface area contributed by atoms with Crippen LogP contribution in [0.4, 0.5) is 5.82 Å². The number of nitrogens with zero attached hydrogens (tertiary/aromatic N) is 2. The fourth-order valence-electron chi connectivity index (χ4n) is 1.60. The zero-order valence-corrected chi connectivity index (χ0v) is 9.48. The largest absolute Gasteiger partial charge is 0.382 e. The number of nitrogens with two attached hydrogens (primary N) is 2. The van der Waals surface area contributed by atoms with Crippen molar-refractivity contribution in [2.24, 2.45) is 5.73 Å². The summed E-state index contributed by atoms with van der Waals surface area (Å²) in [6.07, 6.45) is 0.718. The van der Waals surface area contributed by atoms with E-state index in [1.54, 1.807) is 4.68 Å². The Hall–Kier alpha value is -1.52. The lowest BCUT2D eigenvalue weighted by Crippen LogP contribution is -2.09. The molecule has 2 aromatic rings. The minimum atomic E-state index is 0.475. The molecule has 4 nitrogen and oxygen atoms in total. The van der Waals surface area contributed by atoms with Gasteiger partial charge >= 0.3 is 0 Å². The highest BCUT2D eigenvalue weighted by molar-refractivity contribution is 6.32. The van der Waals surface area contributed by atoms with Crippen molar-refractivity contribution in [1.82, 2.24) is 9.78 Å². The molecule has 0 radical (unpaired) electrons. The molecule has 2 rings (SSSR count). The number of nitrogen functional groups attached to an aromatic ring is 1. The van der Waals surface area contributed by atoms with Crippen LogP contribution in [0.5, 0.6) is 0 Å². The van der Waals surface area contributed by atoms with Crippen LogP contribution in [0, 0.1) is 0 Å². The Morgan fingerprint density at radius 3 is 2.75 bits per heavy atom. The number of hydrogen-bond acceptors (Lipinski definition) is 3. The lowest BCUT2D eigenvalue weighted by molar-refractivity contribution is 0.793. The molecule has 0 saturated heterocycles. The lowest BCUT2D eigenvalue weighted by atomic mass is 10.2. The van der Waals surface area contributed by atoms with Gasteiger partial charge < -0.3 is 11.5 Å². The number of para-hydroxylation sites is 1. The summed E-state index contributed by atoms with van der Waals surface area (Å²) in [4.78, 5) is 0. The Morgan fingerprint density at radius 2 is 2.06 bits per heavy atom. The number of hydrogen-bond donors (Lipinski definition) is 2. The maximum Gasteiger partial charge on any atom is 0.146 e. The molecule has 0 bridgehead atoms. The van der Waals surface area contributed by atoms with Gasteiger partial charge in [-0.2, -0.15) is 5.10 Å². The molecule has 0 saturated carbocycles. The van der Waals surface area contributed by atoms with E-state index in [2.05, 4.69) is 5.10 Å². The second-order valence-electron chi connectivity index (χ2n) is 3.46. The maximum atomic E-state index is 6.11. The molecule has 1 heterocycles. The van der Waals surface area contributed by atoms with Crippen LogP contribution < -0.4 is 11.5 Å². The third-order valence-corrected chi connectivity index (χ3v) is 2.60. The average molecular weight is 237 g/mol. The molecule has 0 aliphatic rings. The summed E-state index contributed by atoms with van der Waals surface area (Å²) < 4.78 is 1.74. The van der Waals surface area contributed by atoms with Gasteiger partial charge in [-0.25, -0.2) is 4.68 Å². The Kier molecular flexibility index (Phi) is 3.12. The van der Waals surface area contributed by atoms with Crippen LogP contribution >= 0.6 is 11.6 Å². The van der Waals surface area contributed by atoms with Crippen LogP contribution in [-0.2, 0) is 6.42 Å². The van der Waals surface area contributed by atoms with E-state index in [1.807, 2.05) is 30.3 Å². The van der Waals surface area contributed by atoms with Crippen molar-refractivity contribution in [3.63, 3.8) is 0 Å². The number of aromatic nitrogens is 2. The predicted octanol–water partition coefficient (Wildman–Crippen LogP) is 1.61. The molecule has 0 aliphatic heterocycles. The van der Waals surface area contributed by atoms with Gasteiger partial charge in [-0.15, -0.1) is 0 Å². The van der Waals surface area contributed by atoms with E-state index >= 15 is 0 Å². The molecular weight excluding hydrogens is 224 g/mol. The normalized spacial score (nSPS) is 10.6. The third kappa shape index (κ3) is 2.03. The Bertz CT molecular complexity index is 492. The lowest BCUT2D eigenvalue weighted by Gasteiger charge is -2.07. The van der Waals surface area contributed by atoms with Gasteiger partial charge in [0, 0.05) is 18.2 Å². The van der Waals surface area contributed by atoms with Crippen LogP contribution in [0.2, 0.25) is 5.02 Å². The summed E-state index contributed by atoms with van der Waals surface area (Å²) in [6.45, 7) is 0.551. The van der Waals surface area contributed by atoms with Crippen molar-refractivity contribution < 1.29 is 0 Å². The summed E-state index contributed by atoms with van der Waals surface area (Å²) in [5.41, 5.74) is 13.0. The Labute approximate surface area is 98.8 Å². The van der Waals surface area contributed by atoms with Crippen molar-refractivity contribution in [2.45, 2.75) is 6.42 Å². The molecule has 4 N–H and O–H groups in total. The minimum absolute atomic E-state index is 0.475. The van der Waals surface area contributed by atoms with Crippen LogP contribution in [0.3, 0.4) is 0 Å². The highest BCUT2D eigenvalue weighted by Crippen LogP contribution is 2.22. The molecule has 5 heteroatoms. The predicted molar refractivity (Wildman–Crippen MR) is 65.7 cm³/mol. The molecule has 0 amide bonds. The Balaban J connectivity index is 2.51. The third-order valence-electron chi connectivity index (χ3n) is 2.28. The van der Waals surface area contributed by atoms with Gasteiger partial charge in [0.05, 0.1) is 10.7 Å². The number of halogens is 1. The SMILES string of the molecule is NCCc1cc(N)nn1-c1ccccc1Cl. The summed E-state index contributed by atoms with van der Waals surface area (Å²) in [6, 6.07) is 9.32. The second-order valence-corrected chi connectivity index (χ2v) is 3.87. The fraction of sp³-hybridized carbons (Fsp3) is 0.182. The molecule has 1 aromatic heterocycles. The van der Waals surface area contributed by atoms with Gasteiger partial charge in [0.25, 0.3) is 0 Å². The minimum Gasteiger partial charge on any atom is -0.382 e. The van der Waals surface area contributed by atoms with Gasteiger partial charge in [0.2, 0.25) is 0 Å². The summed E-state index contributed by atoms with van der Waals surface area (Å²) in [5, 5.41) is 4.86. The smallest absolute Gasteiger partial charge is 0.146 e. The molecule has 0 unspecified atom stereocenters. The number of benzene rings is 1. The van der Waals surface area contributed by atoms with Crippen LogP contribution in [0.15, 0.2) is 30.3 Å². The Morgan fingerprint density at radius 1 is 1.31 bits per heavy atom. The maximum absolute atomic E-state index is 6.11. The first-order chi connectivity index (χ1) is 7.72. The first-order valence-electron chi connectivity index (χ1n) is 5.01. The van der Waals surface area contributed by atoms with E-state index in [9.17, 15) is 0 Å². The quantitative estimate of drug-likeness (QED) is 0.851. The van der Waals surface area contributed by atoms with Crippen LogP contribution in [0.1, 0.15) is 5.69 Å². The van der Waals surface area contributed by atoms with E-state index in [0.717, 1.165) is 17.8 Å². The monoisotopic (exact) mass is 236 g/mol. The van der Waals surface area contributed by atoms with Crippen molar-refractivity contribution in [3.05, 3.63) is 41.0 Å². The molecule has 1 aromatic carbocycles. The van der Waals surface area contributed by atoms with E-state index in [0.29, 0.717) is 17.4 Å². The average Bonchev–Trinajstić information content (AvgIpc) is 2.61. The van der Waals surface area contributed by atoms with Gasteiger partial charge in [-0.05, 0) is 18.7 Å². The highest BCUT2D eigenvalue weighted by Gasteiger charge is 2.09. The standard InChI is InChI=1S/C11H13ClN4/c12-9-3-1-2-4-10(9)16-8(5-6-13)7-11(14)15-16/h1-4,7H,5-6,13H2,(H2,14,15). The second kappa shape index (κ2) is 4.55. The van der Waals surface area contributed by atoms with Gasteiger partial charge in [-0.1, -0.05) is 23.7 Å². The molecule has 16 heavy (non-hydrogen) atoms. The van der Waals surface area contributed by atoms with Crippen molar-refractivity contribution >= 4 is 17.4 Å². The highest BCUT2D eigenvalue weighted by atomic mass is 35.5. The zero-order valence-electron chi connectivity index (χ0n) is 8.73. The van der Waals surface area contributed by atoms with Crippen molar-refractivity contribution in [1.29, 1.82) is 0 Å². The zero-order chi connectivity index (χ0) is 11.5. The van der Waals surface area contributed by atoms with Crippen molar-refractivity contribution in [3.8, 4) is 5.69 Å². The van der Waals surface area contributed by atoms with Gasteiger partial charge in [0.1, 0.15) is 5.82 Å². The van der Waals surface area contributed by atoms with E-state index in [1.165, 1.54) is 0 Å². The first kappa shape index (κ1) is 11.0. The fourth-order valence-corrected chi connectivity index (χ4v) is 1.81. The van der Waals surface area contributed by atoms with E-state index < -0.39 is 0 Å². The first-order valence-corrected chi connectivity index (χ1v) is 5.39. The number of rotatable bonds is 3. The molecule has 84 valence electrons. The molecular formula is C11H13ClN4. The summed E-state index contributed by atoms with van der Waals surface area (Å²) in [5.74, 6) is 0.475. The summed E-state index contributed by atoms with van der Waals surface area (Å²) >= 11 is 6.11. The number of anilines is 1. The molecule has 0 fully saturated rings. The van der Waals surface area contributed by atoms with Crippen LogP contribution in [-0.4, -0.2) is 16.3 Å².